The minimum atomic E-state index is 0.0142. The quantitative estimate of drug-likeness (QED) is 0.681. The van der Waals surface area contributed by atoms with Crippen LogP contribution in [0.15, 0.2) is 0 Å². The van der Waals surface area contributed by atoms with E-state index in [4.69, 9.17) is 10.8 Å². The molecule has 4 atom stereocenters. The van der Waals surface area contributed by atoms with Gasteiger partial charge in [0, 0.05) is 19.6 Å². The van der Waals surface area contributed by atoms with Crippen LogP contribution < -0.4 is 5.73 Å². The van der Waals surface area contributed by atoms with Crippen LogP contribution in [0.5, 0.6) is 0 Å². The number of nitrogens with zero attached hydrogens (tertiary/aromatic N) is 1. The number of aliphatic hydroxyl groups is 1. The van der Waals surface area contributed by atoms with E-state index in [1.165, 1.54) is 6.42 Å². The van der Waals surface area contributed by atoms with Crippen LogP contribution in [-0.4, -0.2) is 42.2 Å². The molecular formula is C11H20N2O2. The van der Waals surface area contributed by atoms with E-state index in [-0.39, 0.29) is 24.5 Å². The van der Waals surface area contributed by atoms with E-state index in [9.17, 15) is 4.79 Å². The Labute approximate surface area is 90.4 Å². The molecule has 4 unspecified atom stereocenters. The smallest absolute Gasteiger partial charge is 0.227 e. The minimum absolute atomic E-state index is 0.0142. The lowest BCUT2D eigenvalue weighted by molar-refractivity contribution is -0.136. The number of nitrogens with two attached hydrogens (primary N) is 1. The largest absolute Gasteiger partial charge is 0.395 e. The molecule has 0 spiro atoms. The van der Waals surface area contributed by atoms with Crippen LogP contribution in [-0.2, 0) is 4.79 Å². The van der Waals surface area contributed by atoms with E-state index in [0.29, 0.717) is 18.4 Å². The van der Waals surface area contributed by atoms with Crippen LogP contribution in [0.25, 0.3) is 0 Å². The molecule has 0 aromatic rings. The normalized spacial score (nSPS) is 38.3. The van der Waals surface area contributed by atoms with Crippen molar-refractivity contribution in [2.24, 2.45) is 23.5 Å². The van der Waals surface area contributed by atoms with Gasteiger partial charge >= 0.3 is 0 Å². The van der Waals surface area contributed by atoms with Crippen molar-refractivity contribution >= 4 is 5.91 Å². The first kappa shape index (κ1) is 10.9. The van der Waals surface area contributed by atoms with Crippen LogP contribution in [0.2, 0.25) is 0 Å². The lowest BCUT2D eigenvalue weighted by Crippen LogP contribution is -2.46. The molecule has 2 rings (SSSR count). The topological polar surface area (TPSA) is 66.6 Å². The zero-order valence-corrected chi connectivity index (χ0v) is 9.22. The van der Waals surface area contributed by atoms with Crippen LogP contribution in [0.1, 0.15) is 19.3 Å². The summed E-state index contributed by atoms with van der Waals surface area (Å²) in [7, 11) is 1.75. The van der Waals surface area contributed by atoms with Gasteiger partial charge in [0.25, 0.3) is 0 Å². The van der Waals surface area contributed by atoms with Gasteiger partial charge in [-0.2, -0.15) is 0 Å². The summed E-state index contributed by atoms with van der Waals surface area (Å²) in [5.41, 5.74) is 6.09. The van der Waals surface area contributed by atoms with E-state index in [1.807, 2.05) is 0 Å². The number of hydrogen-bond donors (Lipinski definition) is 2. The van der Waals surface area contributed by atoms with Gasteiger partial charge in [0.1, 0.15) is 0 Å². The van der Waals surface area contributed by atoms with Crippen molar-refractivity contribution in [1.29, 1.82) is 0 Å². The molecule has 2 saturated carbocycles. The number of likely N-dealkylation sites (N-methyl/N-ethyl adjacent to an activating group) is 1. The molecule has 0 aliphatic heterocycles. The molecule has 0 aromatic heterocycles. The molecule has 2 aliphatic carbocycles. The van der Waals surface area contributed by atoms with Crippen molar-refractivity contribution in [3.63, 3.8) is 0 Å². The Morgan fingerprint density at radius 3 is 2.67 bits per heavy atom. The number of carbonyl (C=O) groups excluding carboxylic acids is 1. The van der Waals surface area contributed by atoms with Crippen molar-refractivity contribution in [2.45, 2.75) is 25.3 Å². The molecule has 3 N–H and O–H groups in total. The molecule has 4 nitrogen and oxygen atoms in total. The van der Waals surface area contributed by atoms with Gasteiger partial charge in [-0.15, -0.1) is 0 Å². The average Bonchev–Trinajstić information content (AvgIpc) is 2.77. The second kappa shape index (κ2) is 4.10. The molecular weight excluding hydrogens is 192 g/mol. The molecule has 4 heteroatoms. The second-order valence-electron chi connectivity index (χ2n) is 4.92. The van der Waals surface area contributed by atoms with Gasteiger partial charge in [-0.25, -0.2) is 0 Å². The first-order valence-corrected chi connectivity index (χ1v) is 5.76. The summed E-state index contributed by atoms with van der Waals surface area (Å²) < 4.78 is 0. The highest BCUT2D eigenvalue weighted by Crippen LogP contribution is 2.48. The summed E-state index contributed by atoms with van der Waals surface area (Å²) in [5, 5.41) is 8.80. The fourth-order valence-electron chi connectivity index (χ4n) is 3.22. The van der Waals surface area contributed by atoms with Gasteiger partial charge in [-0.3, -0.25) is 4.79 Å². The zero-order chi connectivity index (χ0) is 11.0. The van der Waals surface area contributed by atoms with Crippen LogP contribution in [0.3, 0.4) is 0 Å². The van der Waals surface area contributed by atoms with Gasteiger partial charge < -0.3 is 15.7 Å². The Bertz CT molecular complexity index is 255. The molecule has 0 radical (unpaired) electrons. The molecule has 2 bridgehead atoms. The molecule has 0 aromatic carbocycles. The average molecular weight is 212 g/mol. The van der Waals surface area contributed by atoms with Gasteiger partial charge in [0.05, 0.1) is 12.5 Å². The van der Waals surface area contributed by atoms with Crippen LogP contribution >= 0.6 is 0 Å². The number of rotatable bonds is 3. The Morgan fingerprint density at radius 2 is 2.13 bits per heavy atom. The van der Waals surface area contributed by atoms with Crippen LogP contribution in [0, 0.1) is 17.8 Å². The summed E-state index contributed by atoms with van der Waals surface area (Å²) >= 11 is 0. The van der Waals surface area contributed by atoms with Crippen molar-refractivity contribution in [3.8, 4) is 0 Å². The molecule has 1 amide bonds. The fourth-order valence-corrected chi connectivity index (χ4v) is 3.22. The Morgan fingerprint density at radius 1 is 1.47 bits per heavy atom. The highest BCUT2D eigenvalue weighted by atomic mass is 16.3. The van der Waals surface area contributed by atoms with Crippen molar-refractivity contribution in [3.05, 3.63) is 0 Å². The monoisotopic (exact) mass is 212 g/mol. The highest BCUT2D eigenvalue weighted by Gasteiger charge is 2.49. The lowest BCUT2D eigenvalue weighted by atomic mass is 9.84. The summed E-state index contributed by atoms with van der Waals surface area (Å²) in [6, 6.07) is 0.0531. The number of hydrogen-bond acceptors (Lipinski definition) is 3. The van der Waals surface area contributed by atoms with Gasteiger partial charge in [-0.1, -0.05) is 0 Å². The SMILES string of the molecule is CN(CCO)C(=O)C1C2CCC(C2)C1N. The van der Waals surface area contributed by atoms with E-state index in [2.05, 4.69) is 0 Å². The van der Waals surface area contributed by atoms with Crippen molar-refractivity contribution in [2.75, 3.05) is 20.2 Å². The van der Waals surface area contributed by atoms with Gasteiger partial charge in [0.2, 0.25) is 5.91 Å². The van der Waals surface area contributed by atoms with Crippen LogP contribution in [0.4, 0.5) is 0 Å². The maximum atomic E-state index is 12.1. The summed E-state index contributed by atoms with van der Waals surface area (Å²) in [4.78, 5) is 13.7. The number of fused-ring (bicyclic) bond motifs is 2. The van der Waals surface area contributed by atoms with E-state index >= 15 is 0 Å². The molecule has 86 valence electrons. The van der Waals surface area contributed by atoms with Gasteiger partial charge in [-0.05, 0) is 31.1 Å². The minimum Gasteiger partial charge on any atom is -0.395 e. The van der Waals surface area contributed by atoms with E-state index in [1.54, 1.807) is 11.9 Å². The predicted molar refractivity (Wildman–Crippen MR) is 57.0 cm³/mol. The lowest BCUT2D eigenvalue weighted by Gasteiger charge is -2.30. The van der Waals surface area contributed by atoms with E-state index in [0.717, 1.165) is 12.8 Å². The zero-order valence-electron chi connectivity index (χ0n) is 9.22. The third kappa shape index (κ3) is 1.76. The van der Waals surface area contributed by atoms with Gasteiger partial charge in [0.15, 0.2) is 0 Å². The third-order valence-corrected chi connectivity index (χ3v) is 4.08. The Balaban J connectivity index is 2.01. The highest BCUT2D eigenvalue weighted by molar-refractivity contribution is 5.80. The summed E-state index contributed by atoms with van der Waals surface area (Å²) in [6.07, 6.45) is 3.48. The number of carbonyl (C=O) groups is 1. The maximum absolute atomic E-state index is 12.1. The third-order valence-electron chi connectivity index (χ3n) is 4.08. The molecule has 0 saturated heterocycles. The molecule has 2 fully saturated rings. The standard InChI is InChI=1S/C11H20N2O2/c1-13(4-5-14)11(15)9-7-2-3-8(6-7)10(9)12/h7-10,14H,2-6,12H2,1H3. The molecule has 15 heavy (non-hydrogen) atoms. The number of aliphatic hydroxyl groups excluding tert-OH is 1. The molecule has 2 aliphatic rings. The predicted octanol–water partition coefficient (Wildman–Crippen LogP) is -0.189. The number of amides is 1. The molecule has 0 heterocycles. The Hall–Kier alpha value is -0.610. The van der Waals surface area contributed by atoms with Crippen molar-refractivity contribution in [1.82, 2.24) is 4.90 Å². The maximum Gasteiger partial charge on any atom is 0.227 e. The fraction of sp³-hybridized carbons (Fsp3) is 0.909. The van der Waals surface area contributed by atoms with Crippen molar-refractivity contribution < 1.29 is 9.90 Å². The summed E-state index contributed by atoms with van der Waals surface area (Å²) in [5.74, 6) is 1.20. The first-order valence-electron chi connectivity index (χ1n) is 5.76. The first-order chi connectivity index (χ1) is 7.15. The Kier molecular flexibility index (Phi) is 2.98. The summed E-state index contributed by atoms with van der Waals surface area (Å²) in [6.45, 7) is 0.442. The van der Waals surface area contributed by atoms with E-state index < -0.39 is 0 Å². The second-order valence-corrected chi connectivity index (χ2v) is 4.92.